The molecule has 2 aromatic rings. The van der Waals surface area contributed by atoms with Crippen LogP contribution < -0.4 is 4.74 Å². The third-order valence-corrected chi connectivity index (χ3v) is 6.23. The number of carbonyl (C=O) groups excluding carboxylic acids is 2. The highest BCUT2D eigenvalue weighted by Gasteiger charge is 2.61. The van der Waals surface area contributed by atoms with Crippen molar-refractivity contribution in [3.05, 3.63) is 90.5 Å². The van der Waals surface area contributed by atoms with Crippen LogP contribution in [0, 0.1) is 0 Å². The summed E-state index contributed by atoms with van der Waals surface area (Å²) < 4.78 is 5.26. The van der Waals surface area contributed by atoms with Crippen molar-refractivity contribution in [3.63, 3.8) is 0 Å². The first-order valence-corrected chi connectivity index (χ1v) is 10.1. The first kappa shape index (κ1) is 20.0. The van der Waals surface area contributed by atoms with Gasteiger partial charge in [0.2, 0.25) is 5.91 Å². The molecule has 0 saturated carbocycles. The SMILES string of the molecule is C=CC[C@H]1N(CC=C)C(=O)C[C@@]12c1ccccc1C(=O)N2Cc1ccc(OC)cc1. The Bertz CT molecular complexity index is 998. The van der Waals surface area contributed by atoms with Gasteiger partial charge < -0.3 is 14.5 Å². The molecule has 154 valence electrons. The molecule has 2 amide bonds. The lowest BCUT2D eigenvalue weighted by Gasteiger charge is -2.41. The van der Waals surface area contributed by atoms with E-state index in [0.717, 1.165) is 16.9 Å². The van der Waals surface area contributed by atoms with E-state index in [1.165, 1.54) is 0 Å². The van der Waals surface area contributed by atoms with Gasteiger partial charge in [0.25, 0.3) is 5.91 Å². The zero-order chi connectivity index (χ0) is 21.3. The van der Waals surface area contributed by atoms with Gasteiger partial charge in [0.1, 0.15) is 5.75 Å². The predicted octanol–water partition coefficient (Wildman–Crippen LogP) is 3.91. The van der Waals surface area contributed by atoms with Crippen LogP contribution in [0.25, 0.3) is 0 Å². The van der Waals surface area contributed by atoms with Gasteiger partial charge in [-0.1, -0.05) is 42.5 Å². The Morgan fingerprint density at radius 2 is 1.83 bits per heavy atom. The van der Waals surface area contributed by atoms with E-state index in [0.29, 0.717) is 25.1 Å². The molecule has 0 aromatic heterocycles. The molecule has 2 heterocycles. The molecule has 0 radical (unpaired) electrons. The fourth-order valence-electron chi connectivity index (χ4n) is 4.93. The van der Waals surface area contributed by atoms with E-state index >= 15 is 0 Å². The van der Waals surface area contributed by atoms with Crippen LogP contribution in [0.2, 0.25) is 0 Å². The van der Waals surface area contributed by atoms with E-state index in [-0.39, 0.29) is 24.3 Å². The van der Waals surface area contributed by atoms with Crippen molar-refractivity contribution in [2.75, 3.05) is 13.7 Å². The van der Waals surface area contributed by atoms with Crippen molar-refractivity contribution >= 4 is 11.8 Å². The van der Waals surface area contributed by atoms with Gasteiger partial charge in [-0.05, 0) is 35.7 Å². The number of fused-ring (bicyclic) bond motifs is 2. The normalized spacial score (nSPS) is 22.5. The molecule has 0 aliphatic carbocycles. The molecular formula is C25H26N2O3. The lowest BCUT2D eigenvalue weighted by Crippen LogP contribution is -2.52. The van der Waals surface area contributed by atoms with Crippen molar-refractivity contribution < 1.29 is 14.3 Å². The summed E-state index contributed by atoms with van der Waals surface area (Å²) in [6.07, 6.45) is 4.43. The molecule has 0 N–H and O–H groups in total. The van der Waals surface area contributed by atoms with E-state index < -0.39 is 5.54 Å². The summed E-state index contributed by atoms with van der Waals surface area (Å²) in [5.74, 6) is 0.761. The molecule has 2 atom stereocenters. The minimum absolute atomic E-state index is 0.0333. The first-order chi connectivity index (χ1) is 14.6. The molecule has 1 fully saturated rings. The summed E-state index contributed by atoms with van der Waals surface area (Å²) in [7, 11) is 1.63. The number of hydrogen-bond donors (Lipinski definition) is 0. The van der Waals surface area contributed by atoms with Gasteiger partial charge in [-0.2, -0.15) is 0 Å². The van der Waals surface area contributed by atoms with Gasteiger partial charge in [-0.15, -0.1) is 13.2 Å². The van der Waals surface area contributed by atoms with Crippen LogP contribution in [-0.2, 0) is 16.9 Å². The zero-order valence-corrected chi connectivity index (χ0v) is 17.2. The van der Waals surface area contributed by atoms with Gasteiger partial charge in [-0.25, -0.2) is 0 Å². The number of nitrogens with zero attached hydrogens (tertiary/aromatic N) is 2. The minimum Gasteiger partial charge on any atom is -0.497 e. The molecule has 2 aliphatic heterocycles. The van der Waals surface area contributed by atoms with Gasteiger partial charge in [-0.3, -0.25) is 9.59 Å². The zero-order valence-electron chi connectivity index (χ0n) is 17.2. The summed E-state index contributed by atoms with van der Waals surface area (Å²) in [5.41, 5.74) is 1.87. The van der Waals surface area contributed by atoms with Crippen LogP contribution in [0.5, 0.6) is 5.75 Å². The fraction of sp³-hybridized carbons (Fsp3) is 0.280. The number of ether oxygens (including phenoxy) is 1. The maximum Gasteiger partial charge on any atom is 0.255 e. The van der Waals surface area contributed by atoms with E-state index in [1.807, 2.05) is 64.4 Å². The van der Waals surface area contributed by atoms with Crippen LogP contribution in [0.4, 0.5) is 0 Å². The number of benzene rings is 2. The van der Waals surface area contributed by atoms with E-state index in [2.05, 4.69) is 13.2 Å². The molecule has 0 unspecified atom stereocenters. The summed E-state index contributed by atoms with van der Waals surface area (Å²) in [6, 6.07) is 15.2. The average molecular weight is 402 g/mol. The monoisotopic (exact) mass is 402 g/mol. The molecule has 0 bridgehead atoms. The highest BCUT2D eigenvalue weighted by molar-refractivity contribution is 6.02. The van der Waals surface area contributed by atoms with Crippen molar-refractivity contribution in [2.45, 2.75) is 31.0 Å². The Hall–Kier alpha value is -3.34. The number of likely N-dealkylation sites (tertiary alicyclic amines) is 1. The average Bonchev–Trinajstić information content (AvgIpc) is 3.17. The Labute approximate surface area is 177 Å². The highest BCUT2D eigenvalue weighted by Crippen LogP contribution is 2.51. The topological polar surface area (TPSA) is 49.9 Å². The van der Waals surface area contributed by atoms with Crippen molar-refractivity contribution in [2.24, 2.45) is 0 Å². The van der Waals surface area contributed by atoms with Crippen LogP contribution in [0.1, 0.15) is 34.3 Å². The first-order valence-electron chi connectivity index (χ1n) is 10.1. The molecular weight excluding hydrogens is 376 g/mol. The number of methoxy groups -OCH3 is 1. The molecule has 30 heavy (non-hydrogen) atoms. The number of amides is 2. The molecule has 4 rings (SSSR count). The number of hydrogen-bond acceptors (Lipinski definition) is 3. The maximum absolute atomic E-state index is 13.5. The Balaban J connectivity index is 1.83. The maximum atomic E-state index is 13.5. The molecule has 5 nitrogen and oxygen atoms in total. The van der Waals surface area contributed by atoms with Gasteiger partial charge in [0, 0.05) is 18.7 Å². The predicted molar refractivity (Wildman–Crippen MR) is 116 cm³/mol. The highest BCUT2D eigenvalue weighted by atomic mass is 16.5. The van der Waals surface area contributed by atoms with Gasteiger partial charge in [0.15, 0.2) is 0 Å². The van der Waals surface area contributed by atoms with E-state index in [4.69, 9.17) is 4.74 Å². The Kier molecular flexibility index (Phi) is 5.20. The summed E-state index contributed by atoms with van der Waals surface area (Å²) in [6.45, 7) is 8.61. The largest absolute Gasteiger partial charge is 0.497 e. The summed E-state index contributed by atoms with van der Waals surface area (Å²) in [5, 5.41) is 0. The van der Waals surface area contributed by atoms with Crippen molar-refractivity contribution in [3.8, 4) is 5.75 Å². The van der Waals surface area contributed by atoms with Gasteiger partial charge in [0.05, 0.1) is 25.1 Å². The lowest BCUT2D eigenvalue weighted by atomic mass is 9.80. The molecule has 2 aliphatic rings. The Morgan fingerprint density at radius 1 is 1.10 bits per heavy atom. The third kappa shape index (κ3) is 2.93. The van der Waals surface area contributed by atoms with Crippen LogP contribution in [0.3, 0.4) is 0 Å². The smallest absolute Gasteiger partial charge is 0.255 e. The quantitative estimate of drug-likeness (QED) is 0.660. The standard InChI is InChI=1S/C25H26N2O3/c1-4-8-22-25(16-23(28)26(22)15-5-2)21-10-7-6-9-20(21)24(29)27(25)17-18-11-13-19(30-3)14-12-18/h4-7,9-14,22H,1-2,8,15-17H2,3H3/t22-,25-/m1/s1. The van der Waals surface area contributed by atoms with E-state index in [9.17, 15) is 9.59 Å². The number of rotatable bonds is 7. The molecule has 1 saturated heterocycles. The molecule has 1 spiro atoms. The molecule has 5 heteroatoms. The second kappa shape index (κ2) is 7.82. The van der Waals surface area contributed by atoms with Crippen molar-refractivity contribution in [1.29, 1.82) is 0 Å². The number of carbonyl (C=O) groups is 2. The minimum atomic E-state index is -0.720. The second-order valence-corrected chi connectivity index (χ2v) is 7.76. The molecule has 2 aromatic carbocycles. The lowest BCUT2D eigenvalue weighted by molar-refractivity contribution is -0.128. The summed E-state index contributed by atoms with van der Waals surface area (Å²) >= 11 is 0. The fourth-order valence-corrected chi connectivity index (χ4v) is 4.93. The third-order valence-electron chi connectivity index (χ3n) is 6.23. The second-order valence-electron chi connectivity index (χ2n) is 7.76. The van der Waals surface area contributed by atoms with E-state index in [1.54, 1.807) is 13.2 Å². The van der Waals surface area contributed by atoms with Crippen LogP contribution in [0.15, 0.2) is 73.8 Å². The van der Waals surface area contributed by atoms with Crippen molar-refractivity contribution in [1.82, 2.24) is 9.80 Å². The van der Waals surface area contributed by atoms with Crippen LogP contribution >= 0.6 is 0 Å². The Morgan fingerprint density at radius 3 is 2.50 bits per heavy atom. The van der Waals surface area contributed by atoms with Gasteiger partial charge >= 0.3 is 0 Å². The summed E-state index contributed by atoms with van der Waals surface area (Å²) in [4.78, 5) is 30.4. The van der Waals surface area contributed by atoms with Crippen LogP contribution in [-0.4, -0.2) is 41.3 Å².